The number of rotatable bonds is 6. The van der Waals surface area contributed by atoms with Gasteiger partial charge in [0.15, 0.2) is 0 Å². The van der Waals surface area contributed by atoms with Gasteiger partial charge in [0, 0.05) is 6.04 Å². The highest BCUT2D eigenvalue weighted by Crippen LogP contribution is 2.27. The molecule has 6 heteroatoms. The first-order chi connectivity index (χ1) is 12.0. The molecule has 2 N–H and O–H groups in total. The number of carbonyl (C=O) groups excluding carboxylic acids is 2. The van der Waals surface area contributed by atoms with Gasteiger partial charge >= 0.3 is 5.97 Å². The van der Waals surface area contributed by atoms with Crippen LogP contribution in [0.2, 0.25) is 0 Å². The Balaban J connectivity index is 2.21. The zero-order chi connectivity index (χ0) is 18.2. The number of ether oxygens (including phenoxy) is 2. The number of hydrogen-bond acceptors (Lipinski definition) is 5. The van der Waals surface area contributed by atoms with E-state index in [1.165, 1.54) is 19.6 Å². The van der Waals surface area contributed by atoms with E-state index in [0.29, 0.717) is 11.4 Å². The van der Waals surface area contributed by atoms with Crippen LogP contribution in [0, 0.1) is 6.92 Å². The number of carbonyl (C=O) groups is 2. The Hall–Kier alpha value is -2.50. The van der Waals surface area contributed by atoms with Crippen LogP contribution in [0.15, 0.2) is 30.0 Å². The first-order valence-electron chi connectivity index (χ1n) is 8.55. The molecule has 1 saturated carbocycles. The van der Waals surface area contributed by atoms with Gasteiger partial charge in [0.05, 0.1) is 26.0 Å². The Kier molecular flexibility index (Phi) is 6.86. The van der Waals surface area contributed by atoms with Gasteiger partial charge < -0.3 is 20.1 Å². The summed E-state index contributed by atoms with van der Waals surface area (Å²) in [5, 5.41) is 6.02. The lowest BCUT2D eigenvalue weighted by molar-refractivity contribution is -0.135. The van der Waals surface area contributed by atoms with E-state index in [-0.39, 0.29) is 17.6 Å². The summed E-state index contributed by atoms with van der Waals surface area (Å²) in [7, 11) is 2.84. The number of esters is 1. The van der Waals surface area contributed by atoms with Crippen LogP contribution in [-0.4, -0.2) is 32.1 Å². The highest BCUT2D eigenvalue weighted by Gasteiger charge is 2.20. The third kappa shape index (κ3) is 5.52. The predicted octanol–water partition coefficient (Wildman–Crippen LogP) is 2.92. The zero-order valence-corrected chi connectivity index (χ0v) is 15.1. The molecular formula is C19H26N2O4. The molecule has 2 rings (SSSR count). The number of methoxy groups -OCH3 is 2. The molecule has 1 fully saturated rings. The van der Waals surface area contributed by atoms with E-state index in [4.69, 9.17) is 4.74 Å². The molecule has 1 aliphatic carbocycles. The van der Waals surface area contributed by atoms with Crippen LogP contribution < -0.4 is 15.4 Å². The quantitative estimate of drug-likeness (QED) is 0.612. The molecule has 0 bridgehead atoms. The number of nitrogens with one attached hydrogen (secondary N) is 2. The van der Waals surface area contributed by atoms with Gasteiger partial charge in [0.2, 0.25) is 0 Å². The molecule has 1 aromatic carbocycles. The molecule has 0 aromatic heterocycles. The minimum Gasteiger partial charge on any atom is -0.495 e. The Morgan fingerprint density at radius 3 is 2.52 bits per heavy atom. The first-order valence-corrected chi connectivity index (χ1v) is 8.55. The van der Waals surface area contributed by atoms with Gasteiger partial charge in [-0.3, -0.25) is 4.79 Å². The molecule has 25 heavy (non-hydrogen) atoms. The van der Waals surface area contributed by atoms with Crippen molar-refractivity contribution in [3.63, 3.8) is 0 Å². The second kappa shape index (κ2) is 9.11. The van der Waals surface area contributed by atoms with Crippen molar-refractivity contribution >= 4 is 17.6 Å². The standard InChI is InChI=1S/C19H26N2O4/c1-13-9-10-17(24-2)15(11-13)21-16(12-18(22)25-3)19(23)20-14-7-5-4-6-8-14/h9-12,14,21H,4-8H2,1-3H3,(H,20,23)/b16-12-. The summed E-state index contributed by atoms with van der Waals surface area (Å²) < 4.78 is 10.00. The summed E-state index contributed by atoms with van der Waals surface area (Å²) >= 11 is 0. The number of hydrogen-bond donors (Lipinski definition) is 2. The number of amides is 1. The topological polar surface area (TPSA) is 76.7 Å². The van der Waals surface area contributed by atoms with Gasteiger partial charge in [-0.25, -0.2) is 4.79 Å². The zero-order valence-electron chi connectivity index (χ0n) is 15.1. The molecule has 0 radical (unpaired) electrons. The van der Waals surface area contributed by atoms with Crippen molar-refractivity contribution in [1.29, 1.82) is 0 Å². The lowest BCUT2D eigenvalue weighted by Crippen LogP contribution is -2.38. The fourth-order valence-electron chi connectivity index (χ4n) is 2.91. The predicted molar refractivity (Wildman–Crippen MR) is 96.5 cm³/mol. The Morgan fingerprint density at radius 2 is 1.88 bits per heavy atom. The molecule has 0 spiro atoms. The molecule has 6 nitrogen and oxygen atoms in total. The smallest absolute Gasteiger partial charge is 0.332 e. The molecule has 0 unspecified atom stereocenters. The monoisotopic (exact) mass is 346 g/mol. The molecular weight excluding hydrogens is 320 g/mol. The lowest BCUT2D eigenvalue weighted by Gasteiger charge is -2.24. The maximum absolute atomic E-state index is 12.7. The minimum atomic E-state index is -0.590. The molecule has 0 heterocycles. The summed E-state index contributed by atoms with van der Waals surface area (Å²) in [6.45, 7) is 1.94. The maximum Gasteiger partial charge on any atom is 0.332 e. The Labute approximate surface area is 148 Å². The minimum absolute atomic E-state index is 0.140. The highest BCUT2D eigenvalue weighted by atomic mass is 16.5. The normalized spacial score (nSPS) is 15.4. The van der Waals surface area contributed by atoms with E-state index in [1.807, 2.05) is 25.1 Å². The summed E-state index contributed by atoms with van der Waals surface area (Å²) in [4.78, 5) is 24.3. The molecule has 1 aromatic rings. The van der Waals surface area contributed by atoms with E-state index in [2.05, 4.69) is 15.4 Å². The van der Waals surface area contributed by atoms with Crippen molar-refractivity contribution < 1.29 is 19.1 Å². The Bertz CT molecular complexity index is 649. The van der Waals surface area contributed by atoms with Crippen LogP contribution in [0.5, 0.6) is 5.75 Å². The average Bonchev–Trinajstić information content (AvgIpc) is 2.62. The van der Waals surface area contributed by atoms with Crippen molar-refractivity contribution in [3.05, 3.63) is 35.5 Å². The van der Waals surface area contributed by atoms with Crippen molar-refractivity contribution in [2.24, 2.45) is 0 Å². The molecule has 1 aliphatic rings. The van der Waals surface area contributed by atoms with E-state index in [1.54, 1.807) is 7.11 Å². The fraction of sp³-hybridized carbons (Fsp3) is 0.474. The molecule has 136 valence electrons. The average molecular weight is 346 g/mol. The number of anilines is 1. The highest BCUT2D eigenvalue weighted by molar-refractivity contribution is 6.02. The second-order valence-corrected chi connectivity index (χ2v) is 6.22. The van der Waals surface area contributed by atoms with Crippen LogP contribution in [-0.2, 0) is 14.3 Å². The summed E-state index contributed by atoms with van der Waals surface area (Å²) in [5.74, 6) is -0.319. The fourth-order valence-corrected chi connectivity index (χ4v) is 2.91. The van der Waals surface area contributed by atoms with Crippen molar-refractivity contribution in [3.8, 4) is 5.75 Å². The summed E-state index contributed by atoms with van der Waals surface area (Å²) in [5.41, 5.74) is 1.77. The van der Waals surface area contributed by atoms with Gasteiger partial charge in [0.25, 0.3) is 5.91 Å². The Morgan fingerprint density at radius 1 is 1.16 bits per heavy atom. The van der Waals surface area contributed by atoms with Gasteiger partial charge in [-0.15, -0.1) is 0 Å². The van der Waals surface area contributed by atoms with Gasteiger partial charge in [-0.2, -0.15) is 0 Å². The second-order valence-electron chi connectivity index (χ2n) is 6.22. The van der Waals surface area contributed by atoms with Crippen LogP contribution in [0.4, 0.5) is 5.69 Å². The van der Waals surface area contributed by atoms with E-state index in [0.717, 1.165) is 31.2 Å². The summed E-state index contributed by atoms with van der Waals surface area (Å²) in [6.07, 6.45) is 6.52. The molecule has 0 aliphatic heterocycles. The first kappa shape index (κ1) is 18.8. The third-order valence-electron chi connectivity index (χ3n) is 4.27. The third-order valence-corrected chi connectivity index (χ3v) is 4.27. The summed E-state index contributed by atoms with van der Waals surface area (Å²) in [6, 6.07) is 5.73. The number of benzene rings is 1. The van der Waals surface area contributed by atoms with E-state index >= 15 is 0 Å². The van der Waals surface area contributed by atoms with Crippen LogP contribution in [0.3, 0.4) is 0 Å². The molecule has 0 saturated heterocycles. The van der Waals surface area contributed by atoms with E-state index in [9.17, 15) is 9.59 Å². The van der Waals surface area contributed by atoms with Crippen molar-refractivity contribution in [2.45, 2.75) is 45.1 Å². The van der Waals surface area contributed by atoms with Crippen molar-refractivity contribution in [2.75, 3.05) is 19.5 Å². The SMILES string of the molecule is COC(=O)/C=C(\Nc1cc(C)ccc1OC)C(=O)NC1CCCCC1. The van der Waals surface area contributed by atoms with E-state index < -0.39 is 5.97 Å². The van der Waals surface area contributed by atoms with Gasteiger partial charge in [-0.1, -0.05) is 25.3 Å². The van der Waals surface area contributed by atoms with Gasteiger partial charge in [0.1, 0.15) is 11.4 Å². The largest absolute Gasteiger partial charge is 0.495 e. The maximum atomic E-state index is 12.7. The molecule has 0 atom stereocenters. The van der Waals surface area contributed by atoms with Crippen LogP contribution in [0.1, 0.15) is 37.7 Å². The molecule has 1 amide bonds. The van der Waals surface area contributed by atoms with Crippen LogP contribution >= 0.6 is 0 Å². The van der Waals surface area contributed by atoms with Gasteiger partial charge in [-0.05, 0) is 37.5 Å². The van der Waals surface area contributed by atoms with Crippen LogP contribution in [0.25, 0.3) is 0 Å². The lowest BCUT2D eigenvalue weighted by atomic mass is 9.95. The van der Waals surface area contributed by atoms with Crippen molar-refractivity contribution in [1.82, 2.24) is 5.32 Å². The number of aryl methyl sites for hydroxylation is 1.